The second kappa shape index (κ2) is 10.5. The third-order valence-electron chi connectivity index (χ3n) is 5.35. The summed E-state index contributed by atoms with van der Waals surface area (Å²) in [4.78, 5) is 10.4. The lowest BCUT2D eigenvalue weighted by molar-refractivity contribution is -0.0498. The van der Waals surface area contributed by atoms with E-state index >= 15 is 0 Å². The van der Waals surface area contributed by atoms with Crippen LogP contribution in [0.2, 0.25) is 0 Å². The Morgan fingerprint density at radius 1 is 1.39 bits per heavy atom. The Hall–Kier alpha value is -3.40. The van der Waals surface area contributed by atoms with Gasteiger partial charge in [-0.2, -0.15) is 8.78 Å². The number of halogens is 3. The third kappa shape index (κ3) is 6.32. The molecule has 1 aromatic heterocycles. The zero-order valence-electron chi connectivity index (χ0n) is 18.4. The number of nitrogens with zero attached hydrogens (tertiary/aromatic N) is 3. The van der Waals surface area contributed by atoms with Crippen LogP contribution in [-0.4, -0.2) is 48.9 Å². The molecule has 0 radical (unpaired) electrons. The van der Waals surface area contributed by atoms with Gasteiger partial charge in [-0.05, 0) is 37.1 Å². The number of amidine groups is 1. The van der Waals surface area contributed by atoms with Crippen molar-refractivity contribution in [2.45, 2.75) is 32.5 Å². The molecule has 0 amide bonds. The highest BCUT2D eigenvalue weighted by atomic mass is 19.3. The van der Waals surface area contributed by atoms with E-state index in [-0.39, 0.29) is 22.9 Å². The van der Waals surface area contributed by atoms with Gasteiger partial charge in [0, 0.05) is 30.9 Å². The third-order valence-corrected chi connectivity index (χ3v) is 5.35. The van der Waals surface area contributed by atoms with E-state index in [2.05, 4.69) is 14.7 Å². The van der Waals surface area contributed by atoms with Gasteiger partial charge in [-0.1, -0.05) is 19.1 Å². The summed E-state index contributed by atoms with van der Waals surface area (Å²) in [6, 6.07) is 7.25. The van der Waals surface area contributed by atoms with Crippen molar-refractivity contribution < 1.29 is 22.6 Å². The maximum atomic E-state index is 14.4. The lowest BCUT2D eigenvalue weighted by atomic mass is 10.0. The van der Waals surface area contributed by atoms with Gasteiger partial charge in [0.05, 0.1) is 18.4 Å². The van der Waals surface area contributed by atoms with Gasteiger partial charge >= 0.3 is 6.61 Å². The monoisotopic (exact) mass is 461 g/mol. The van der Waals surface area contributed by atoms with E-state index in [4.69, 9.17) is 15.9 Å². The van der Waals surface area contributed by atoms with E-state index in [1.807, 2.05) is 18.7 Å². The van der Waals surface area contributed by atoms with Crippen molar-refractivity contribution >= 4 is 29.1 Å². The van der Waals surface area contributed by atoms with Crippen LogP contribution < -0.4 is 15.4 Å². The standard InChI is InChI=1S/C23H26F3N5O2/c1-3-23(2)14-31(8-9-32-23)21-11-19(18(24)13-29-21)30-20(28)10-16(12-27)15-4-6-17(7-5-15)33-22(25)26/h4-7,10-13,22,27H,3,8-9,14H2,1-2H3,(H2,28,29,30)/b16-10+,27-12?. The molecule has 1 fully saturated rings. The molecule has 1 unspecified atom stereocenters. The van der Waals surface area contributed by atoms with Crippen molar-refractivity contribution in [3.8, 4) is 5.75 Å². The predicted octanol–water partition coefficient (Wildman–Crippen LogP) is 4.55. The molecule has 2 heterocycles. The van der Waals surface area contributed by atoms with Gasteiger partial charge in [0.15, 0.2) is 5.82 Å². The zero-order chi connectivity index (χ0) is 24.0. The van der Waals surface area contributed by atoms with Gasteiger partial charge in [-0.15, -0.1) is 0 Å². The minimum absolute atomic E-state index is 0.00612. The molecule has 3 rings (SSSR count). The van der Waals surface area contributed by atoms with Crippen LogP contribution in [0, 0.1) is 11.2 Å². The van der Waals surface area contributed by atoms with E-state index in [1.54, 1.807) is 0 Å². The highest BCUT2D eigenvalue weighted by Crippen LogP contribution is 2.28. The number of anilines is 1. The van der Waals surface area contributed by atoms with Crippen LogP contribution in [0.5, 0.6) is 5.75 Å². The maximum absolute atomic E-state index is 14.4. The topological polar surface area (TPSA) is 96.8 Å². The minimum Gasteiger partial charge on any atom is -0.435 e. The summed E-state index contributed by atoms with van der Waals surface area (Å²) >= 11 is 0. The molecular weight excluding hydrogens is 435 g/mol. The molecule has 1 atom stereocenters. The van der Waals surface area contributed by atoms with Crippen molar-refractivity contribution in [1.82, 2.24) is 4.98 Å². The molecule has 3 N–H and O–H groups in total. The summed E-state index contributed by atoms with van der Waals surface area (Å²) < 4.78 is 49.2. The Labute approximate surface area is 190 Å². The van der Waals surface area contributed by atoms with E-state index in [0.717, 1.165) is 18.8 Å². The fourth-order valence-corrected chi connectivity index (χ4v) is 3.38. The summed E-state index contributed by atoms with van der Waals surface area (Å²) in [5, 5.41) is 7.65. The van der Waals surface area contributed by atoms with Gasteiger partial charge in [-0.25, -0.2) is 14.4 Å². The molecule has 176 valence electrons. The molecular formula is C23H26F3N5O2. The number of aliphatic imine (C=N–C) groups is 1. The number of aromatic nitrogens is 1. The Morgan fingerprint density at radius 3 is 2.76 bits per heavy atom. The summed E-state index contributed by atoms with van der Waals surface area (Å²) in [7, 11) is 0. The molecule has 1 aliphatic heterocycles. The van der Waals surface area contributed by atoms with Crippen LogP contribution in [0.1, 0.15) is 25.8 Å². The molecule has 0 bridgehead atoms. The number of hydrogen-bond acceptors (Lipinski definition) is 6. The predicted molar refractivity (Wildman–Crippen MR) is 122 cm³/mol. The van der Waals surface area contributed by atoms with Crippen molar-refractivity contribution in [3.05, 3.63) is 54.0 Å². The van der Waals surface area contributed by atoms with Gasteiger partial charge in [0.1, 0.15) is 23.1 Å². The number of nitrogens with one attached hydrogen (secondary N) is 1. The van der Waals surface area contributed by atoms with E-state index in [0.29, 0.717) is 36.7 Å². The first-order valence-electron chi connectivity index (χ1n) is 10.4. The molecule has 1 saturated heterocycles. The van der Waals surface area contributed by atoms with Gasteiger partial charge in [0.2, 0.25) is 0 Å². The number of morpholine rings is 1. The van der Waals surface area contributed by atoms with Gasteiger partial charge < -0.3 is 25.5 Å². The van der Waals surface area contributed by atoms with Crippen LogP contribution in [0.25, 0.3) is 5.57 Å². The second-order valence-electron chi connectivity index (χ2n) is 7.75. The molecule has 10 heteroatoms. The summed E-state index contributed by atoms with van der Waals surface area (Å²) in [6.45, 7) is 2.92. The SMILES string of the molecule is CCC1(C)CN(c2cc(N=C(N)/C=C(\C=N)c3ccc(OC(F)F)cc3)c(F)cn2)CCO1. The Bertz CT molecular complexity index is 1040. The number of ether oxygens (including phenoxy) is 2. The van der Waals surface area contributed by atoms with Crippen molar-refractivity contribution in [2.24, 2.45) is 10.7 Å². The van der Waals surface area contributed by atoms with Crippen LogP contribution in [0.3, 0.4) is 0 Å². The lowest BCUT2D eigenvalue weighted by Gasteiger charge is -2.40. The van der Waals surface area contributed by atoms with E-state index < -0.39 is 12.4 Å². The fraction of sp³-hybridized carbons (Fsp3) is 0.348. The minimum atomic E-state index is -2.93. The summed E-state index contributed by atoms with van der Waals surface area (Å²) in [5.74, 6) is -0.102. The normalized spacial score (nSPS) is 19.6. The highest BCUT2D eigenvalue weighted by Gasteiger charge is 2.31. The number of alkyl halides is 2. The van der Waals surface area contributed by atoms with Crippen LogP contribution in [-0.2, 0) is 4.74 Å². The number of allylic oxidation sites excluding steroid dienone is 1. The summed E-state index contributed by atoms with van der Waals surface area (Å²) in [5.41, 5.74) is 6.61. The first-order chi connectivity index (χ1) is 15.7. The lowest BCUT2D eigenvalue weighted by Crippen LogP contribution is -2.50. The van der Waals surface area contributed by atoms with Crippen molar-refractivity contribution in [1.29, 1.82) is 5.41 Å². The molecule has 0 spiro atoms. The van der Waals surface area contributed by atoms with Crippen molar-refractivity contribution in [2.75, 3.05) is 24.6 Å². The van der Waals surface area contributed by atoms with Gasteiger partial charge in [-0.3, -0.25) is 0 Å². The van der Waals surface area contributed by atoms with E-state index in [1.165, 1.54) is 36.4 Å². The number of rotatable bonds is 8. The molecule has 2 aromatic rings. The smallest absolute Gasteiger partial charge is 0.387 e. The molecule has 1 aliphatic rings. The number of pyridine rings is 1. The molecule has 0 aliphatic carbocycles. The van der Waals surface area contributed by atoms with Crippen LogP contribution in [0.15, 0.2) is 47.6 Å². The average Bonchev–Trinajstić information content (AvgIpc) is 2.79. The molecule has 1 aromatic carbocycles. The molecule has 33 heavy (non-hydrogen) atoms. The van der Waals surface area contributed by atoms with Crippen LogP contribution >= 0.6 is 0 Å². The molecule has 0 saturated carbocycles. The number of benzene rings is 1. The Balaban J connectivity index is 1.83. The number of hydrogen-bond donors (Lipinski definition) is 2. The second-order valence-corrected chi connectivity index (χ2v) is 7.75. The quantitative estimate of drug-likeness (QED) is 0.444. The maximum Gasteiger partial charge on any atom is 0.387 e. The van der Waals surface area contributed by atoms with Gasteiger partial charge in [0.25, 0.3) is 0 Å². The molecule has 7 nitrogen and oxygen atoms in total. The number of nitrogens with two attached hydrogens (primary N) is 1. The van der Waals surface area contributed by atoms with Crippen molar-refractivity contribution in [3.63, 3.8) is 0 Å². The van der Waals surface area contributed by atoms with E-state index in [9.17, 15) is 13.2 Å². The zero-order valence-corrected chi connectivity index (χ0v) is 18.4. The largest absolute Gasteiger partial charge is 0.435 e. The Morgan fingerprint density at radius 2 is 2.12 bits per heavy atom. The average molecular weight is 461 g/mol. The highest BCUT2D eigenvalue weighted by molar-refractivity contribution is 6.16. The first kappa shape index (κ1) is 24.2. The van der Waals surface area contributed by atoms with Crippen LogP contribution in [0.4, 0.5) is 24.7 Å². The Kier molecular flexibility index (Phi) is 7.70. The first-order valence-corrected chi connectivity index (χ1v) is 10.4. The summed E-state index contributed by atoms with van der Waals surface area (Å²) in [6.07, 6.45) is 4.37. The fourth-order valence-electron chi connectivity index (χ4n) is 3.38.